The van der Waals surface area contributed by atoms with E-state index >= 15 is 0 Å². The van der Waals surface area contributed by atoms with E-state index < -0.39 is 18.5 Å². The molecule has 0 aliphatic rings. The molecule has 0 atom stereocenters. The summed E-state index contributed by atoms with van der Waals surface area (Å²) in [4.78, 5) is 28.6. The lowest BCUT2D eigenvalue weighted by Gasteiger charge is -2.13. The van der Waals surface area contributed by atoms with Crippen LogP contribution >= 0.6 is 11.6 Å². The number of anilines is 1. The number of ether oxygens (including phenoxy) is 3. The Bertz CT molecular complexity index is 1030. The summed E-state index contributed by atoms with van der Waals surface area (Å²) in [5, 5.41) is 3.06. The Morgan fingerprint density at radius 2 is 1.87 bits per heavy atom. The van der Waals surface area contributed by atoms with Crippen molar-refractivity contribution < 1.29 is 23.8 Å². The lowest BCUT2D eigenvalue weighted by molar-refractivity contribution is -0.119. The van der Waals surface area contributed by atoms with E-state index in [-0.39, 0.29) is 11.4 Å². The van der Waals surface area contributed by atoms with E-state index in [4.69, 9.17) is 25.8 Å². The number of nitrogens with one attached hydrogen (secondary N) is 1. The number of hydrogen-bond acceptors (Lipinski definition) is 6. The van der Waals surface area contributed by atoms with Gasteiger partial charge in [-0.2, -0.15) is 0 Å². The van der Waals surface area contributed by atoms with Gasteiger partial charge >= 0.3 is 5.97 Å². The zero-order valence-electron chi connectivity index (χ0n) is 16.1. The molecule has 0 fully saturated rings. The molecule has 0 aliphatic carbocycles. The highest BCUT2D eigenvalue weighted by Crippen LogP contribution is 2.32. The van der Waals surface area contributed by atoms with Crippen molar-refractivity contribution >= 4 is 29.2 Å². The number of aromatic nitrogens is 1. The van der Waals surface area contributed by atoms with Crippen molar-refractivity contribution in [2.75, 3.05) is 18.5 Å². The number of carbonyl (C=O) groups excluding carboxylic acids is 2. The lowest BCUT2D eigenvalue weighted by atomic mass is 10.2. The number of nitrogens with zero attached hydrogens (tertiary/aromatic N) is 1. The highest BCUT2D eigenvalue weighted by atomic mass is 35.5. The number of rotatable bonds is 8. The summed E-state index contributed by atoms with van der Waals surface area (Å²) in [7, 11) is 0. The molecule has 8 heteroatoms. The number of hydrogen-bond donors (Lipinski definition) is 1. The molecule has 1 heterocycles. The van der Waals surface area contributed by atoms with Crippen molar-refractivity contribution in [3.63, 3.8) is 0 Å². The van der Waals surface area contributed by atoms with Crippen LogP contribution < -0.4 is 14.8 Å². The van der Waals surface area contributed by atoms with Gasteiger partial charge in [0.15, 0.2) is 12.4 Å². The van der Waals surface area contributed by atoms with Gasteiger partial charge in [0.2, 0.25) is 5.88 Å². The zero-order valence-corrected chi connectivity index (χ0v) is 16.9. The van der Waals surface area contributed by atoms with Gasteiger partial charge in [-0.05, 0) is 49.4 Å². The molecule has 3 aromatic rings. The molecule has 7 nitrogen and oxygen atoms in total. The van der Waals surface area contributed by atoms with Crippen molar-refractivity contribution in [1.82, 2.24) is 4.98 Å². The van der Waals surface area contributed by atoms with Crippen LogP contribution in [0.4, 0.5) is 5.69 Å². The molecule has 2 aromatic carbocycles. The van der Waals surface area contributed by atoms with E-state index in [1.807, 2.05) is 18.2 Å². The van der Waals surface area contributed by atoms with Crippen LogP contribution in [0.15, 0.2) is 66.9 Å². The number of pyridine rings is 1. The number of amides is 1. The van der Waals surface area contributed by atoms with Crippen molar-refractivity contribution in [2.45, 2.75) is 6.92 Å². The monoisotopic (exact) mass is 426 g/mol. The third-order valence-corrected chi connectivity index (χ3v) is 4.03. The van der Waals surface area contributed by atoms with Gasteiger partial charge in [0.05, 0.1) is 12.3 Å². The van der Waals surface area contributed by atoms with Crippen LogP contribution in [0.25, 0.3) is 0 Å². The van der Waals surface area contributed by atoms with E-state index in [0.29, 0.717) is 28.8 Å². The lowest BCUT2D eigenvalue weighted by Crippen LogP contribution is -2.21. The van der Waals surface area contributed by atoms with Gasteiger partial charge in [-0.15, -0.1) is 0 Å². The Kier molecular flexibility index (Phi) is 7.24. The minimum absolute atomic E-state index is 0.142. The largest absolute Gasteiger partial charge is 0.477 e. The summed E-state index contributed by atoms with van der Waals surface area (Å²) in [6.07, 6.45) is 1.50. The molecule has 1 N–H and O–H groups in total. The molecule has 3 rings (SSSR count). The van der Waals surface area contributed by atoms with Crippen molar-refractivity contribution in [3.05, 3.63) is 77.4 Å². The van der Waals surface area contributed by atoms with Gasteiger partial charge in [0, 0.05) is 11.2 Å². The number of para-hydroxylation sites is 1. The predicted molar refractivity (Wildman–Crippen MR) is 112 cm³/mol. The van der Waals surface area contributed by atoms with E-state index in [2.05, 4.69) is 10.3 Å². The molecule has 0 aliphatic heterocycles. The van der Waals surface area contributed by atoms with Crippen LogP contribution in [0.3, 0.4) is 0 Å². The maximum Gasteiger partial charge on any atom is 0.344 e. The SMILES string of the molecule is CCOc1ncccc1C(=O)OCC(=O)Nc1cc(Cl)ccc1Oc1ccccc1. The molecular formula is C22H19ClN2O5. The van der Waals surface area contributed by atoms with Crippen molar-refractivity contribution in [3.8, 4) is 17.4 Å². The second-order valence-electron chi connectivity index (χ2n) is 5.97. The van der Waals surface area contributed by atoms with Crippen LogP contribution in [0.1, 0.15) is 17.3 Å². The smallest absolute Gasteiger partial charge is 0.344 e. The second-order valence-corrected chi connectivity index (χ2v) is 6.41. The summed E-state index contributed by atoms with van der Waals surface area (Å²) in [6.45, 7) is 1.62. The summed E-state index contributed by atoms with van der Waals surface area (Å²) >= 11 is 6.04. The number of benzene rings is 2. The summed E-state index contributed by atoms with van der Waals surface area (Å²) < 4.78 is 16.2. The molecule has 30 heavy (non-hydrogen) atoms. The first-order chi connectivity index (χ1) is 14.6. The molecule has 0 spiro atoms. The number of halogens is 1. The molecule has 0 saturated carbocycles. The van der Waals surface area contributed by atoms with Crippen molar-refractivity contribution in [1.29, 1.82) is 0 Å². The van der Waals surface area contributed by atoms with Crippen molar-refractivity contribution in [2.24, 2.45) is 0 Å². The molecular weight excluding hydrogens is 408 g/mol. The second kappa shape index (κ2) is 10.3. The Morgan fingerprint density at radius 1 is 1.07 bits per heavy atom. The molecule has 1 aromatic heterocycles. The molecule has 0 unspecified atom stereocenters. The summed E-state index contributed by atoms with van der Waals surface area (Å²) in [5.74, 6) is -0.115. The first-order valence-corrected chi connectivity index (χ1v) is 9.52. The third-order valence-electron chi connectivity index (χ3n) is 3.79. The van der Waals surface area contributed by atoms with Crippen LogP contribution in [-0.4, -0.2) is 30.1 Å². The Hall–Kier alpha value is -3.58. The third kappa shape index (κ3) is 5.71. The first-order valence-electron chi connectivity index (χ1n) is 9.14. The van der Waals surface area contributed by atoms with E-state index in [9.17, 15) is 9.59 Å². The Morgan fingerprint density at radius 3 is 2.63 bits per heavy atom. The van der Waals surface area contributed by atoms with Gasteiger partial charge in [0.1, 0.15) is 11.3 Å². The highest BCUT2D eigenvalue weighted by molar-refractivity contribution is 6.31. The fourth-order valence-electron chi connectivity index (χ4n) is 2.50. The maximum absolute atomic E-state index is 12.3. The topological polar surface area (TPSA) is 86.8 Å². The standard InChI is InChI=1S/C22H19ClN2O5/c1-2-28-21-17(9-6-12-24-21)22(27)29-14-20(26)25-18-13-15(23)10-11-19(18)30-16-7-4-3-5-8-16/h3-13H,2,14H2,1H3,(H,25,26). The maximum atomic E-state index is 12.3. The van der Waals surface area contributed by atoms with Crippen LogP contribution in [0.5, 0.6) is 17.4 Å². The summed E-state index contributed by atoms with van der Waals surface area (Å²) in [6, 6.07) is 17.0. The van der Waals surface area contributed by atoms with E-state index in [1.54, 1.807) is 43.3 Å². The zero-order chi connectivity index (χ0) is 21.3. The van der Waals surface area contributed by atoms with Gasteiger partial charge in [-0.25, -0.2) is 9.78 Å². The minimum Gasteiger partial charge on any atom is -0.477 e. The highest BCUT2D eigenvalue weighted by Gasteiger charge is 2.17. The van der Waals surface area contributed by atoms with Crippen LogP contribution in [0, 0.1) is 0 Å². The predicted octanol–water partition coefficient (Wildman–Crippen LogP) is 4.72. The Balaban J connectivity index is 1.65. The molecule has 0 saturated heterocycles. The minimum atomic E-state index is -0.714. The fraction of sp³-hybridized carbons (Fsp3) is 0.136. The van der Waals surface area contributed by atoms with E-state index in [1.165, 1.54) is 12.3 Å². The quantitative estimate of drug-likeness (QED) is 0.524. The average molecular weight is 427 g/mol. The van der Waals surface area contributed by atoms with Gasteiger partial charge in [-0.1, -0.05) is 29.8 Å². The number of esters is 1. The Labute approximate surface area is 178 Å². The average Bonchev–Trinajstić information content (AvgIpc) is 2.75. The normalized spacial score (nSPS) is 10.2. The molecule has 154 valence electrons. The van der Waals surface area contributed by atoms with Crippen LogP contribution in [0.2, 0.25) is 5.02 Å². The van der Waals surface area contributed by atoms with E-state index in [0.717, 1.165) is 0 Å². The first kappa shape index (κ1) is 21.1. The molecule has 0 radical (unpaired) electrons. The fourth-order valence-corrected chi connectivity index (χ4v) is 2.67. The van der Waals surface area contributed by atoms with Gasteiger partial charge in [0.25, 0.3) is 5.91 Å². The van der Waals surface area contributed by atoms with Gasteiger partial charge < -0.3 is 19.5 Å². The molecule has 1 amide bonds. The van der Waals surface area contributed by atoms with Crippen LogP contribution in [-0.2, 0) is 9.53 Å². The number of carbonyl (C=O) groups is 2. The van der Waals surface area contributed by atoms with Gasteiger partial charge in [-0.3, -0.25) is 4.79 Å². The summed E-state index contributed by atoms with van der Waals surface area (Å²) in [5.41, 5.74) is 0.492. The molecule has 0 bridgehead atoms.